The van der Waals surface area contributed by atoms with Crippen LogP contribution in [0.4, 0.5) is 4.79 Å². The van der Waals surface area contributed by atoms with E-state index in [4.69, 9.17) is 21.1 Å². The molecule has 3 amide bonds. The van der Waals surface area contributed by atoms with E-state index in [2.05, 4.69) is 35.3 Å². The van der Waals surface area contributed by atoms with Crippen molar-refractivity contribution >= 4 is 37.6 Å². The molecule has 2 aromatic heterocycles. The van der Waals surface area contributed by atoms with Crippen LogP contribution in [-0.4, -0.2) is 70.3 Å². The fourth-order valence-corrected chi connectivity index (χ4v) is 6.31. The van der Waals surface area contributed by atoms with Crippen LogP contribution in [0.2, 0.25) is 30.7 Å². The van der Waals surface area contributed by atoms with Crippen LogP contribution in [0.15, 0.2) is 54.9 Å². The number of carbonyl (C=O) groups excluding carboxylic acids is 3. The Hall–Kier alpha value is -3.71. The molecular formula is C35H48ClN5O6Si. The van der Waals surface area contributed by atoms with Gasteiger partial charge in [-0.3, -0.25) is 14.6 Å². The first-order valence-corrected chi connectivity index (χ1v) is 20.4. The van der Waals surface area contributed by atoms with Gasteiger partial charge in [0.1, 0.15) is 30.2 Å². The molecule has 1 aromatic carbocycles. The van der Waals surface area contributed by atoms with Crippen LogP contribution in [0, 0.1) is 0 Å². The number of aliphatic hydroxyl groups is 1. The van der Waals surface area contributed by atoms with Crippen molar-refractivity contribution in [1.29, 1.82) is 0 Å². The maximum Gasteiger partial charge on any atom is 0.407 e. The van der Waals surface area contributed by atoms with E-state index in [0.29, 0.717) is 48.0 Å². The van der Waals surface area contributed by atoms with Crippen molar-refractivity contribution in [2.45, 2.75) is 96.9 Å². The van der Waals surface area contributed by atoms with Gasteiger partial charge in [-0.1, -0.05) is 43.4 Å². The van der Waals surface area contributed by atoms with Gasteiger partial charge >= 0.3 is 6.09 Å². The Morgan fingerprint density at radius 2 is 1.83 bits per heavy atom. The lowest BCUT2D eigenvalue weighted by atomic mass is 10.1. The number of pyridine rings is 1. The summed E-state index contributed by atoms with van der Waals surface area (Å²) in [6, 6.07) is 12.5. The van der Waals surface area contributed by atoms with Gasteiger partial charge in [0.15, 0.2) is 0 Å². The molecule has 1 aliphatic heterocycles. The number of ether oxygens (including phenoxy) is 2. The van der Waals surface area contributed by atoms with E-state index in [9.17, 15) is 19.5 Å². The van der Waals surface area contributed by atoms with E-state index in [1.54, 1.807) is 85.1 Å². The number of benzene rings is 1. The lowest BCUT2D eigenvalue weighted by Gasteiger charge is -2.25. The maximum absolute atomic E-state index is 14.1. The van der Waals surface area contributed by atoms with Crippen LogP contribution in [0.3, 0.4) is 0 Å². The monoisotopic (exact) mass is 697 g/mol. The third kappa shape index (κ3) is 10.6. The highest BCUT2D eigenvalue weighted by atomic mass is 35.5. The number of hydrogen-bond donors (Lipinski definition) is 3. The molecule has 48 heavy (non-hydrogen) atoms. The summed E-state index contributed by atoms with van der Waals surface area (Å²) < 4.78 is 13.0. The second kappa shape index (κ2) is 16.1. The van der Waals surface area contributed by atoms with Crippen molar-refractivity contribution in [1.82, 2.24) is 25.1 Å². The van der Waals surface area contributed by atoms with Gasteiger partial charge in [-0.25, -0.2) is 4.79 Å². The van der Waals surface area contributed by atoms with E-state index >= 15 is 0 Å². The molecule has 1 unspecified atom stereocenters. The second-order valence-electron chi connectivity index (χ2n) is 14.3. The predicted molar refractivity (Wildman–Crippen MR) is 187 cm³/mol. The molecule has 4 rings (SSSR count). The van der Waals surface area contributed by atoms with Crippen molar-refractivity contribution in [2.75, 3.05) is 13.2 Å². The van der Waals surface area contributed by atoms with E-state index in [1.807, 2.05) is 0 Å². The lowest BCUT2D eigenvalue weighted by molar-refractivity contribution is -0.125. The summed E-state index contributed by atoms with van der Waals surface area (Å²) in [5.41, 5.74) is 2.19. The molecule has 0 spiro atoms. The van der Waals surface area contributed by atoms with Crippen LogP contribution >= 0.6 is 11.6 Å². The molecule has 0 bridgehead atoms. The van der Waals surface area contributed by atoms with Crippen molar-refractivity contribution in [3.63, 3.8) is 0 Å². The number of alkyl carbamates (subject to hydrolysis) is 1. The van der Waals surface area contributed by atoms with Gasteiger partial charge < -0.3 is 34.7 Å². The summed E-state index contributed by atoms with van der Waals surface area (Å²) in [7, 11) is -1.32. The average molecular weight is 698 g/mol. The number of likely N-dealkylation sites (tertiary alicyclic amines) is 1. The number of aliphatic hydroxyl groups excluding tert-OH is 1. The Labute approximate surface area is 289 Å². The van der Waals surface area contributed by atoms with Crippen molar-refractivity contribution in [3.8, 4) is 0 Å². The van der Waals surface area contributed by atoms with E-state index in [-0.39, 0.29) is 31.6 Å². The molecular weight excluding hydrogens is 650 g/mol. The van der Waals surface area contributed by atoms with Crippen LogP contribution < -0.4 is 10.6 Å². The Kier molecular flexibility index (Phi) is 12.5. The van der Waals surface area contributed by atoms with E-state index in [0.717, 1.165) is 17.2 Å². The fraction of sp³-hybridized carbons (Fsp3) is 0.486. The topological polar surface area (TPSA) is 135 Å². The van der Waals surface area contributed by atoms with Crippen molar-refractivity contribution < 1.29 is 29.0 Å². The summed E-state index contributed by atoms with van der Waals surface area (Å²) in [5.74, 6) is -0.601. The van der Waals surface area contributed by atoms with Gasteiger partial charge in [-0.2, -0.15) is 0 Å². The molecule has 3 aromatic rings. The zero-order chi connectivity index (χ0) is 35.1. The molecule has 1 fully saturated rings. The largest absolute Gasteiger partial charge is 0.444 e. The molecule has 0 radical (unpaired) electrons. The SMILES string of the molecule is CC(C)(C)OC(=O)NCc1ccc(Cl)cc1CNC(=O)[C@@H]1CCCN1C(=O)c1cc(C(O)c2ccccn2)cn1COCC[Si](C)(C)C. The highest BCUT2D eigenvalue weighted by Gasteiger charge is 2.36. The maximum atomic E-state index is 14.1. The first-order chi connectivity index (χ1) is 22.6. The van der Waals surface area contributed by atoms with Crippen LogP contribution in [0.25, 0.3) is 0 Å². The van der Waals surface area contributed by atoms with Gasteiger partial charge in [0, 0.05) is 57.3 Å². The Bertz CT molecular complexity index is 1570. The lowest BCUT2D eigenvalue weighted by Crippen LogP contribution is -2.46. The average Bonchev–Trinajstić information content (AvgIpc) is 3.68. The standard InChI is InChI=1S/C35H48ClN5O6Si/c1-35(2,3)47-34(45)39-20-24-12-13-27(36)18-25(24)21-38-32(43)29-11-9-15-41(29)33(44)30-19-26(31(42)28-10-7-8-14-37-28)22-40(30)23-46-16-17-48(4,5)6/h7-8,10,12-14,18-19,22,29,31,42H,9,11,15-17,20-21,23H2,1-6H3,(H,38,43)(H,39,45)/t29-,31?/m0/s1. The molecule has 1 saturated heterocycles. The minimum Gasteiger partial charge on any atom is -0.444 e. The Morgan fingerprint density at radius 1 is 1.08 bits per heavy atom. The van der Waals surface area contributed by atoms with Gasteiger partial charge in [-0.05, 0) is 81.1 Å². The zero-order valence-electron chi connectivity index (χ0n) is 28.7. The van der Waals surface area contributed by atoms with Gasteiger partial charge in [-0.15, -0.1) is 0 Å². The quantitative estimate of drug-likeness (QED) is 0.150. The third-order valence-electron chi connectivity index (χ3n) is 7.91. The summed E-state index contributed by atoms with van der Waals surface area (Å²) in [4.78, 5) is 45.7. The summed E-state index contributed by atoms with van der Waals surface area (Å²) in [6.07, 6.45) is 2.93. The van der Waals surface area contributed by atoms with E-state index in [1.165, 1.54) is 0 Å². The Balaban J connectivity index is 1.48. The molecule has 0 aliphatic carbocycles. The molecule has 11 nitrogen and oxygen atoms in total. The molecule has 0 saturated carbocycles. The number of rotatable bonds is 13. The number of nitrogens with one attached hydrogen (secondary N) is 2. The van der Waals surface area contributed by atoms with Crippen molar-refractivity contribution in [3.05, 3.63) is 88.0 Å². The second-order valence-corrected chi connectivity index (χ2v) is 20.3. The first-order valence-electron chi connectivity index (χ1n) is 16.3. The minimum atomic E-state index is -1.32. The summed E-state index contributed by atoms with van der Waals surface area (Å²) in [6.45, 7) is 13.7. The Morgan fingerprint density at radius 3 is 2.52 bits per heavy atom. The van der Waals surface area contributed by atoms with Crippen molar-refractivity contribution in [2.24, 2.45) is 0 Å². The number of carbonyl (C=O) groups is 3. The number of nitrogens with zero attached hydrogens (tertiary/aromatic N) is 3. The van der Waals surface area contributed by atoms with Gasteiger partial charge in [0.25, 0.3) is 5.91 Å². The summed E-state index contributed by atoms with van der Waals surface area (Å²) >= 11 is 6.28. The van der Waals surface area contributed by atoms with Crippen LogP contribution in [-0.2, 0) is 34.1 Å². The predicted octanol–water partition coefficient (Wildman–Crippen LogP) is 5.88. The first kappa shape index (κ1) is 37.1. The highest BCUT2D eigenvalue weighted by Crippen LogP contribution is 2.27. The normalized spacial score (nSPS) is 15.7. The van der Waals surface area contributed by atoms with Gasteiger partial charge in [0.05, 0.1) is 5.69 Å². The number of aromatic nitrogens is 2. The van der Waals surface area contributed by atoms with Gasteiger partial charge in [0.2, 0.25) is 5.91 Å². The van der Waals surface area contributed by atoms with Crippen LogP contribution in [0.1, 0.15) is 72.6 Å². The zero-order valence-corrected chi connectivity index (χ0v) is 30.5. The molecule has 3 N–H and O–H groups in total. The molecule has 2 atom stereocenters. The number of hydrogen-bond acceptors (Lipinski definition) is 7. The molecule has 1 aliphatic rings. The molecule has 260 valence electrons. The molecule has 13 heteroatoms. The highest BCUT2D eigenvalue weighted by molar-refractivity contribution is 6.76. The fourth-order valence-electron chi connectivity index (χ4n) is 5.36. The van der Waals surface area contributed by atoms with Crippen LogP contribution in [0.5, 0.6) is 0 Å². The molecule has 3 heterocycles. The number of amides is 3. The smallest absolute Gasteiger partial charge is 0.407 e. The number of halogens is 1. The minimum absolute atomic E-state index is 0.139. The summed E-state index contributed by atoms with van der Waals surface area (Å²) in [5, 5.41) is 17.3. The van der Waals surface area contributed by atoms with E-state index < -0.39 is 31.9 Å². The third-order valence-corrected chi connectivity index (χ3v) is 9.85.